The van der Waals surface area contributed by atoms with Crippen molar-refractivity contribution in [1.29, 1.82) is 5.26 Å². The van der Waals surface area contributed by atoms with Crippen molar-refractivity contribution in [3.05, 3.63) is 0 Å². The van der Waals surface area contributed by atoms with Crippen LogP contribution in [-0.2, 0) is 10.8 Å². The summed E-state index contributed by atoms with van der Waals surface area (Å²) in [6.45, 7) is 4.15. The first-order valence-corrected chi connectivity index (χ1v) is 5.87. The van der Waals surface area contributed by atoms with Crippen molar-refractivity contribution in [2.24, 2.45) is 5.92 Å². The van der Waals surface area contributed by atoms with Crippen molar-refractivity contribution in [2.75, 3.05) is 11.5 Å². The highest BCUT2D eigenvalue weighted by Crippen LogP contribution is 2.00. The normalized spacial score (nSPS) is 12.8. The van der Waals surface area contributed by atoms with Gasteiger partial charge in [0.2, 0.25) is 0 Å². The summed E-state index contributed by atoms with van der Waals surface area (Å²) >= 11 is 0. The van der Waals surface area contributed by atoms with Crippen LogP contribution < -0.4 is 0 Å². The second-order valence-corrected chi connectivity index (χ2v) is 4.94. The number of unbranched alkanes of at least 4 members (excludes halogenated alkanes) is 2. The van der Waals surface area contributed by atoms with Crippen molar-refractivity contribution in [2.45, 2.75) is 33.1 Å². The first-order valence-electron chi connectivity index (χ1n) is 4.38. The van der Waals surface area contributed by atoms with Gasteiger partial charge in [0.05, 0.1) is 6.07 Å². The van der Waals surface area contributed by atoms with Gasteiger partial charge in [-0.15, -0.1) is 0 Å². The van der Waals surface area contributed by atoms with Gasteiger partial charge < -0.3 is 0 Å². The zero-order valence-electron chi connectivity index (χ0n) is 7.88. The molecule has 0 aromatic carbocycles. The van der Waals surface area contributed by atoms with E-state index in [0.29, 0.717) is 12.3 Å². The van der Waals surface area contributed by atoms with E-state index in [9.17, 15) is 4.21 Å². The molecule has 0 heterocycles. The molecule has 0 aromatic heterocycles. The Labute approximate surface area is 77.4 Å². The van der Waals surface area contributed by atoms with Crippen LogP contribution in [0.15, 0.2) is 0 Å². The standard InChI is InChI=1S/C9H17NOS/c1-9(2)8-12(11)7-5-3-4-6-10/h9H,3-5,7-8H2,1-2H3. The molecule has 0 aliphatic carbocycles. The lowest BCUT2D eigenvalue weighted by Gasteiger charge is -2.03. The molecule has 0 fully saturated rings. The lowest BCUT2D eigenvalue weighted by atomic mass is 10.3. The lowest BCUT2D eigenvalue weighted by molar-refractivity contribution is 0.660. The molecule has 1 atom stereocenters. The van der Waals surface area contributed by atoms with Gasteiger partial charge in [0, 0.05) is 28.7 Å². The maximum atomic E-state index is 11.2. The average molecular weight is 187 g/mol. The molecule has 0 rings (SSSR count). The molecule has 2 nitrogen and oxygen atoms in total. The van der Waals surface area contributed by atoms with E-state index in [1.54, 1.807) is 0 Å². The smallest absolute Gasteiger partial charge is 0.0621 e. The summed E-state index contributed by atoms with van der Waals surface area (Å²) in [5, 5.41) is 8.25. The Morgan fingerprint density at radius 3 is 2.58 bits per heavy atom. The van der Waals surface area contributed by atoms with Gasteiger partial charge in [-0.3, -0.25) is 4.21 Å². The fourth-order valence-electron chi connectivity index (χ4n) is 0.922. The Hall–Kier alpha value is -0.360. The van der Waals surface area contributed by atoms with E-state index in [2.05, 4.69) is 19.9 Å². The molecule has 70 valence electrons. The Morgan fingerprint density at radius 2 is 2.08 bits per heavy atom. The summed E-state index contributed by atoms with van der Waals surface area (Å²) in [4.78, 5) is 0. The summed E-state index contributed by atoms with van der Waals surface area (Å²) in [6.07, 6.45) is 2.41. The highest BCUT2D eigenvalue weighted by molar-refractivity contribution is 7.84. The van der Waals surface area contributed by atoms with E-state index in [1.807, 2.05) is 0 Å². The highest BCUT2D eigenvalue weighted by Gasteiger charge is 2.02. The lowest BCUT2D eigenvalue weighted by Crippen LogP contribution is -2.07. The Bertz CT molecular complexity index is 172. The predicted molar refractivity (Wildman–Crippen MR) is 52.2 cm³/mol. The monoisotopic (exact) mass is 187 g/mol. The molecule has 0 aromatic rings. The van der Waals surface area contributed by atoms with Crippen molar-refractivity contribution in [3.8, 4) is 6.07 Å². The molecular formula is C9H17NOS. The SMILES string of the molecule is CC(C)CS(=O)CCCCC#N. The molecule has 3 heteroatoms. The molecule has 1 unspecified atom stereocenters. The van der Waals surface area contributed by atoms with Gasteiger partial charge in [0.15, 0.2) is 0 Å². The molecular weight excluding hydrogens is 170 g/mol. The molecule has 0 aliphatic heterocycles. The van der Waals surface area contributed by atoms with Crippen molar-refractivity contribution >= 4 is 10.8 Å². The van der Waals surface area contributed by atoms with Crippen LogP contribution in [0.1, 0.15) is 33.1 Å². The van der Waals surface area contributed by atoms with Crippen LogP contribution in [0.4, 0.5) is 0 Å². The van der Waals surface area contributed by atoms with Gasteiger partial charge in [-0.2, -0.15) is 5.26 Å². The summed E-state index contributed by atoms with van der Waals surface area (Å²) in [6, 6.07) is 2.08. The number of nitriles is 1. The van der Waals surface area contributed by atoms with E-state index < -0.39 is 10.8 Å². The maximum absolute atomic E-state index is 11.2. The molecule has 0 aliphatic rings. The van der Waals surface area contributed by atoms with Crippen molar-refractivity contribution in [1.82, 2.24) is 0 Å². The summed E-state index contributed by atoms with van der Waals surface area (Å²) in [5.41, 5.74) is 0. The zero-order chi connectivity index (χ0) is 9.40. The molecule has 0 saturated heterocycles. The maximum Gasteiger partial charge on any atom is 0.0621 e. The Morgan fingerprint density at radius 1 is 1.42 bits per heavy atom. The van der Waals surface area contributed by atoms with E-state index in [1.165, 1.54) is 0 Å². The molecule has 0 amide bonds. The third kappa shape index (κ3) is 7.74. The average Bonchev–Trinajstić information content (AvgIpc) is 1.97. The third-order valence-corrected chi connectivity index (χ3v) is 3.21. The van der Waals surface area contributed by atoms with Gasteiger partial charge in [0.25, 0.3) is 0 Å². The summed E-state index contributed by atoms with van der Waals surface area (Å²) in [7, 11) is -0.663. The van der Waals surface area contributed by atoms with Crippen LogP contribution in [0.25, 0.3) is 0 Å². The van der Waals surface area contributed by atoms with E-state index >= 15 is 0 Å². The van der Waals surface area contributed by atoms with E-state index in [-0.39, 0.29) is 0 Å². The minimum atomic E-state index is -0.663. The highest BCUT2D eigenvalue weighted by atomic mass is 32.2. The van der Waals surface area contributed by atoms with Crippen LogP contribution >= 0.6 is 0 Å². The van der Waals surface area contributed by atoms with Gasteiger partial charge in [0.1, 0.15) is 0 Å². The second kappa shape index (κ2) is 7.30. The first kappa shape index (κ1) is 11.6. The topological polar surface area (TPSA) is 40.9 Å². The molecule has 0 saturated carbocycles. The van der Waals surface area contributed by atoms with Gasteiger partial charge in [-0.25, -0.2) is 0 Å². The quantitative estimate of drug-likeness (QED) is 0.597. The molecule has 0 bridgehead atoms. The number of hydrogen-bond donors (Lipinski definition) is 0. The van der Waals surface area contributed by atoms with Crippen molar-refractivity contribution < 1.29 is 4.21 Å². The fraction of sp³-hybridized carbons (Fsp3) is 0.889. The minimum absolute atomic E-state index is 0.516. The minimum Gasteiger partial charge on any atom is -0.260 e. The van der Waals surface area contributed by atoms with Crippen molar-refractivity contribution in [3.63, 3.8) is 0 Å². The molecule has 0 spiro atoms. The number of hydrogen-bond acceptors (Lipinski definition) is 2. The Balaban J connectivity index is 3.27. The van der Waals surface area contributed by atoms with Crippen LogP contribution in [0.2, 0.25) is 0 Å². The van der Waals surface area contributed by atoms with Gasteiger partial charge in [-0.1, -0.05) is 13.8 Å². The van der Waals surface area contributed by atoms with E-state index in [0.717, 1.165) is 24.3 Å². The zero-order valence-corrected chi connectivity index (χ0v) is 8.69. The number of nitrogens with zero attached hydrogens (tertiary/aromatic N) is 1. The van der Waals surface area contributed by atoms with Gasteiger partial charge in [-0.05, 0) is 18.8 Å². The Kier molecular flexibility index (Phi) is 7.08. The van der Waals surface area contributed by atoms with E-state index in [4.69, 9.17) is 5.26 Å². The molecule has 0 radical (unpaired) electrons. The molecule has 0 N–H and O–H groups in total. The van der Waals surface area contributed by atoms with Crippen LogP contribution in [-0.4, -0.2) is 15.7 Å². The summed E-state index contributed by atoms with van der Waals surface area (Å²) < 4.78 is 11.2. The second-order valence-electron chi connectivity index (χ2n) is 3.32. The van der Waals surface area contributed by atoms with Crippen LogP contribution in [0, 0.1) is 17.2 Å². The fourth-order valence-corrected chi connectivity index (χ4v) is 2.36. The first-order chi connectivity index (χ1) is 5.66. The number of rotatable bonds is 6. The largest absolute Gasteiger partial charge is 0.260 e. The molecule has 12 heavy (non-hydrogen) atoms. The predicted octanol–water partition coefficient (Wildman–Crippen LogP) is 2.08. The third-order valence-electron chi connectivity index (χ3n) is 1.43. The van der Waals surface area contributed by atoms with Crippen LogP contribution in [0.5, 0.6) is 0 Å². The van der Waals surface area contributed by atoms with Crippen LogP contribution in [0.3, 0.4) is 0 Å². The van der Waals surface area contributed by atoms with Gasteiger partial charge >= 0.3 is 0 Å². The summed E-state index contributed by atoms with van der Waals surface area (Å²) in [5.74, 6) is 2.08.